The number of aromatic nitrogens is 1. The van der Waals surface area contributed by atoms with E-state index < -0.39 is 10.3 Å². The van der Waals surface area contributed by atoms with E-state index in [2.05, 4.69) is 9.17 Å². The number of nitrogens with one attached hydrogen (secondary N) is 1. The molecule has 0 aromatic carbocycles. The molecule has 0 radical (unpaired) electrons. The van der Waals surface area contributed by atoms with Gasteiger partial charge in [0.25, 0.3) is 0 Å². The molecule has 3 N–H and O–H groups in total. The lowest BCUT2D eigenvalue weighted by Gasteiger charge is -2.01. The molecule has 1 heterocycles. The SMILES string of the molecule is Cc1c[nH]c(C)c1COS(N)(=O)=O. The van der Waals surface area contributed by atoms with E-state index >= 15 is 0 Å². The number of aryl methyl sites for hydroxylation is 2. The molecule has 0 saturated carbocycles. The average Bonchev–Trinajstić information content (AvgIpc) is 2.27. The van der Waals surface area contributed by atoms with Crippen molar-refractivity contribution < 1.29 is 12.6 Å². The first-order valence-corrected chi connectivity index (χ1v) is 5.18. The molecule has 1 rings (SSSR count). The molecule has 0 saturated heterocycles. The highest BCUT2D eigenvalue weighted by Crippen LogP contribution is 2.13. The molecule has 0 atom stereocenters. The number of H-pyrrole nitrogens is 1. The first-order chi connectivity index (χ1) is 5.90. The van der Waals surface area contributed by atoms with Crippen molar-refractivity contribution in [3.8, 4) is 0 Å². The summed E-state index contributed by atoms with van der Waals surface area (Å²) in [6, 6.07) is 0. The van der Waals surface area contributed by atoms with Gasteiger partial charge in [-0.1, -0.05) is 0 Å². The standard InChI is InChI=1S/C7H12N2O3S/c1-5-3-9-6(2)7(5)4-12-13(8,10)11/h3,9H,4H2,1-2H3,(H2,8,10,11). The van der Waals surface area contributed by atoms with Gasteiger partial charge in [0.05, 0.1) is 6.61 Å². The number of nitrogens with two attached hydrogens (primary N) is 1. The fraction of sp³-hybridized carbons (Fsp3) is 0.429. The molecule has 1 aromatic heterocycles. The van der Waals surface area contributed by atoms with Crippen LogP contribution in [0.25, 0.3) is 0 Å². The summed E-state index contributed by atoms with van der Waals surface area (Å²) in [6.07, 6.45) is 1.79. The maximum atomic E-state index is 10.5. The summed E-state index contributed by atoms with van der Waals surface area (Å²) < 4.78 is 25.5. The molecule has 6 heteroatoms. The van der Waals surface area contributed by atoms with Gasteiger partial charge in [-0.2, -0.15) is 8.42 Å². The van der Waals surface area contributed by atoms with Crippen molar-refractivity contribution in [2.45, 2.75) is 20.5 Å². The van der Waals surface area contributed by atoms with Crippen LogP contribution in [0.3, 0.4) is 0 Å². The van der Waals surface area contributed by atoms with Gasteiger partial charge in [-0.25, -0.2) is 5.14 Å². The zero-order valence-electron chi connectivity index (χ0n) is 7.49. The van der Waals surface area contributed by atoms with E-state index in [0.29, 0.717) is 0 Å². The highest BCUT2D eigenvalue weighted by molar-refractivity contribution is 7.84. The summed E-state index contributed by atoms with van der Waals surface area (Å²) >= 11 is 0. The highest BCUT2D eigenvalue weighted by Gasteiger charge is 2.08. The number of aromatic amines is 1. The maximum Gasteiger partial charge on any atom is 0.333 e. The summed E-state index contributed by atoms with van der Waals surface area (Å²) in [5.41, 5.74) is 2.68. The summed E-state index contributed by atoms with van der Waals surface area (Å²) in [5, 5.41) is 4.69. The van der Waals surface area contributed by atoms with Crippen LogP contribution in [-0.4, -0.2) is 13.4 Å². The normalized spacial score (nSPS) is 11.9. The van der Waals surface area contributed by atoms with Crippen LogP contribution in [0.5, 0.6) is 0 Å². The Morgan fingerprint density at radius 3 is 2.54 bits per heavy atom. The Morgan fingerprint density at radius 2 is 2.15 bits per heavy atom. The quantitative estimate of drug-likeness (QED) is 0.745. The van der Waals surface area contributed by atoms with Crippen molar-refractivity contribution in [1.29, 1.82) is 0 Å². The minimum atomic E-state index is -3.85. The van der Waals surface area contributed by atoms with Crippen molar-refractivity contribution in [1.82, 2.24) is 4.98 Å². The Bertz CT molecular complexity index is 374. The minimum Gasteiger partial charge on any atom is -0.365 e. The van der Waals surface area contributed by atoms with Gasteiger partial charge in [-0.15, -0.1) is 0 Å². The lowest BCUT2D eigenvalue weighted by Crippen LogP contribution is -2.15. The van der Waals surface area contributed by atoms with E-state index in [1.807, 2.05) is 13.8 Å². The second-order valence-corrected chi connectivity index (χ2v) is 4.05. The lowest BCUT2D eigenvalue weighted by atomic mass is 10.2. The molecule has 0 aliphatic heterocycles. The summed E-state index contributed by atoms with van der Waals surface area (Å²) in [7, 11) is -3.85. The van der Waals surface area contributed by atoms with Gasteiger partial charge >= 0.3 is 10.3 Å². The van der Waals surface area contributed by atoms with Crippen LogP contribution in [0.2, 0.25) is 0 Å². The van der Waals surface area contributed by atoms with Gasteiger partial charge in [0.1, 0.15) is 0 Å². The number of hydrogen-bond acceptors (Lipinski definition) is 3. The van der Waals surface area contributed by atoms with Gasteiger partial charge in [-0.05, 0) is 19.4 Å². The molecule has 5 nitrogen and oxygen atoms in total. The third-order valence-corrected chi connectivity index (χ3v) is 2.25. The molecule has 74 valence electrons. The molecule has 0 aliphatic rings. The average molecular weight is 204 g/mol. The van der Waals surface area contributed by atoms with Crippen molar-refractivity contribution in [3.05, 3.63) is 23.0 Å². The van der Waals surface area contributed by atoms with Crippen LogP contribution >= 0.6 is 0 Å². The van der Waals surface area contributed by atoms with Gasteiger partial charge in [0.2, 0.25) is 0 Å². The van der Waals surface area contributed by atoms with E-state index in [-0.39, 0.29) is 6.61 Å². The van der Waals surface area contributed by atoms with Gasteiger partial charge in [0.15, 0.2) is 0 Å². The zero-order chi connectivity index (χ0) is 10.1. The predicted molar refractivity (Wildman–Crippen MR) is 48.2 cm³/mol. The second kappa shape index (κ2) is 3.49. The highest BCUT2D eigenvalue weighted by atomic mass is 32.2. The van der Waals surface area contributed by atoms with Crippen molar-refractivity contribution in [2.24, 2.45) is 5.14 Å². The van der Waals surface area contributed by atoms with E-state index in [1.165, 1.54) is 0 Å². The number of rotatable bonds is 3. The van der Waals surface area contributed by atoms with E-state index in [4.69, 9.17) is 5.14 Å². The topological polar surface area (TPSA) is 85.2 Å². The van der Waals surface area contributed by atoms with Crippen molar-refractivity contribution in [2.75, 3.05) is 0 Å². The molecule has 0 amide bonds. The van der Waals surface area contributed by atoms with Crippen LogP contribution in [0, 0.1) is 13.8 Å². The Morgan fingerprint density at radius 1 is 1.54 bits per heavy atom. The second-order valence-electron chi connectivity index (χ2n) is 2.83. The van der Waals surface area contributed by atoms with Gasteiger partial charge in [-0.3, -0.25) is 4.18 Å². The largest absolute Gasteiger partial charge is 0.365 e. The van der Waals surface area contributed by atoms with Crippen LogP contribution in [0.15, 0.2) is 6.20 Å². The van der Waals surface area contributed by atoms with Gasteiger partial charge < -0.3 is 4.98 Å². The van der Waals surface area contributed by atoms with Crippen molar-refractivity contribution >= 4 is 10.3 Å². The summed E-state index contributed by atoms with van der Waals surface area (Å²) in [6.45, 7) is 3.69. The van der Waals surface area contributed by atoms with Crippen LogP contribution in [0.4, 0.5) is 0 Å². The van der Waals surface area contributed by atoms with E-state index in [9.17, 15) is 8.42 Å². The number of hydrogen-bond donors (Lipinski definition) is 2. The maximum absolute atomic E-state index is 10.5. The summed E-state index contributed by atoms with van der Waals surface area (Å²) in [5.74, 6) is 0. The van der Waals surface area contributed by atoms with Crippen LogP contribution in [-0.2, 0) is 21.1 Å². The van der Waals surface area contributed by atoms with E-state index in [1.54, 1.807) is 6.20 Å². The molecule has 0 aliphatic carbocycles. The molecule has 0 fully saturated rings. The van der Waals surface area contributed by atoms with Crippen LogP contribution < -0.4 is 5.14 Å². The Balaban J connectivity index is 2.75. The first kappa shape index (κ1) is 10.2. The van der Waals surface area contributed by atoms with E-state index in [0.717, 1.165) is 16.8 Å². The Hall–Kier alpha value is -0.850. The molecule has 0 spiro atoms. The molecule has 1 aromatic rings. The fourth-order valence-electron chi connectivity index (χ4n) is 1.05. The monoisotopic (exact) mass is 204 g/mol. The molecule has 0 unspecified atom stereocenters. The summed E-state index contributed by atoms with van der Waals surface area (Å²) in [4.78, 5) is 2.96. The predicted octanol–water partition coefficient (Wildman–Crippen LogP) is 0.352. The molecule has 13 heavy (non-hydrogen) atoms. The van der Waals surface area contributed by atoms with Gasteiger partial charge in [0, 0.05) is 17.5 Å². The molecular weight excluding hydrogens is 192 g/mol. The third kappa shape index (κ3) is 2.83. The smallest absolute Gasteiger partial charge is 0.333 e. The minimum absolute atomic E-state index is 0.0139. The molecular formula is C7H12N2O3S. The van der Waals surface area contributed by atoms with Crippen LogP contribution in [0.1, 0.15) is 16.8 Å². The Labute approximate surface area is 77.2 Å². The fourth-order valence-corrected chi connectivity index (χ4v) is 1.33. The van der Waals surface area contributed by atoms with Crippen molar-refractivity contribution in [3.63, 3.8) is 0 Å². The molecule has 0 bridgehead atoms. The Kier molecular flexibility index (Phi) is 2.74. The third-order valence-electron chi connectivity index (χ3n) is 1.80. The first-order valence-electron chi connectivity index (χ1n) is 3.71. The zero-order valence-corrected chi connectivity index (χ0v) is 8.31. The lowest BCUT2D eigenvalue weighted by molar-refractivity contribution is 0.307.